The molecule has 124 valence electrons. The Morgan fingerprint density at radius 3 is 2.65 bits per heavy atom. The summed E-state index contributed by atoms with van der Waals surface area (Å²) in [7, 11) is 0. The van der Waals surface area contributed by atoms with Crippen molar-refractivity contribution in [3.63, 3.8) is 0 Å². The first-order valence-electron chi connectivity index (χ1n) is 6.97. The average Bonchev–Trinajstić information content (AvgIpc) is 2.78. The van der Waals surface area contributed by atoms with Crippen molar-refractivity contribution in [1.82, 2.24) is 4.90 Å². The summed E-state index contributed by atoms with van der Waals surface area (Å²) in [5, 5.41) is -0.222. The Hall–Kier alpha value is -0.391. The molecule has 0 unspecified atom stereocenters. The van der Waals surface area contributed by atoms with Crippen molar-refractivity contribution in [3.8, 4) is 0 Å². The molecule has 0 bridgehead atoms. The van der Waals surface area contributed by atoms with Gasteiger partial charge in [-0.05, 0) is 0 Å². The third-order valence-electron chi connectivity index (χ3n) is 3.88. The van der Waals surface area contributed by atoms with Gasteiger partial charge in [0.05, 0.1) is 0 Å². The van der Waals surface area contributed by atoms with Gasteiger partial charge in [-0.25, -0.2) is 0 Å². The van der Waals surface area contributed by atoms with Crippen LogP contribution in [0.1, 0.15) is 13.8 Å². The van der Waals surface area contributed by atoms with Gasteiger partial charge in [0.25, 0.3) is 0 Å². The van der Waals surface area contributed by atoms with Gasteiger partial charge in [-0.2, -0.15) is 0 Å². The van der Waals surface area contributed by atoms with Gasteiger partial charge in [-0.3, -0.25) is 0 Å². The van der Waals surface area contributed by atoms with Gasteiger partial charge in [-0.1, -0.05) is 0 Å². The van der Waals surface area contributed by atoms with E-state index in [-0.39, 0.29) is 32.3 Å². The van der Waals surface area contributed by atoms with Crippen molar-refractivity contribution in [2.45, 2.75) is 33.8 Å². The minimum atomic E-state index is -0.952. The SMILES string of the molecule is CC1(C)S[C@H]2N(C(=O)[C@@]2(Cl)[Se]c2ccccc2)[C@H]1C(=O)OCCl. The molecular weight excluding hydrogens is 424 g/mol. The van der Waals surface area contributed by atoms with Crippen LogP contribution in [0, 0.1) is 0 Å². The number of thioether (sulfide) groups is 1. The van der Waals surface area contributed by atoms with E-state index in [0.29, 0.717) is 0 Å². The number of amides is 1. The summed E-state index contributed by atoms with van der Waals surface area (Å²) in [6, 6.07) is 8.88. The molecule has 2 aliphatic heterocycles. The number of esters is 1. The molecule has 3 atom stereocenters. The van der Waals surface area contributed by atoms with Gasteiger partial charge in [0.2, 0.25) is 0 Å². The number of halogens is 2. The van der Waals surface area contributed by atoms with Crippen LogP contribution < -0.4 is 4.46 Å². The maximum atomic E-state index is 12.7. The van der Waals surface area contributed by atoms with E-state index in [1.807, 2.05) is 44.2 Å². The maximum absolute atomic E-state index is 12.7. The van der Waals surface area contributed by atoms with E-state index in [2.05, 4.69) is 0 Å². The molecule has 2 saturated heterocycles. The van der Waals surface area contributed by atoms with Crippen molar-refractivity contribution in [3.05, 3.63) is 30.3 Å². The molecule has 0 radical (unpaired) electrons. The van der Waals surface area contributed by atoms with Crippen molar-refractivity contribution in [2.75, 3.05) is 6.07 Å². The molecule has 1 aromatic carbocycles. The third-order valence-corrected chi connectivity index (χ3v) is 9.38. The van der Waals surface area contributed by atoms with Gasteiger partial charge in [-0.15, -0.1) is 0 Å². The molecule has 2 fully saturated rings. The van der Waals surface area contributed by atoms with E-state index in [1.54, 1.807) is 16.7 Å². The number of ether oxygens (including phenoxy) is 1. The number of hydrogen-bond donors (Lipinski definition) is 0. The van der Waals surface area contributed by atoms with Gasteiger partial charge < -0.3 is 0 Å². The summed E-state index contributed by atoms with van der Waals surface area (Å²) in [6.07, 6.45) is 0. The average molecular weight is 439 g/mol. The zero-order valence-corrected chi connectivity index (χ0v) is 16.5. The van der Waals surface area contributed by atoms with Crippen LogP contribution in [0.25, 0.3) is 0 Å². The number of carbonyl (C=O) groups is 2. The fourth-order valence-corrected chi connectivity index (χ4v) is 8.00. The first-order chi connectivity index (χ1) is 10.8. The van der Waals surface area contributed by atoms with E-state index in [4.69, 9.17) is 27.9 Å². The molecule has 0 aromatic heterocycles. The summed E-state index contributed by atoms with van der Waals surface area (Å²) >= 11 is 13.5. The molecule has 1 aromatic rings. The Balaban J connectivity index is 1.85. The number of fused-ring (bicyclic) bond motifs is 1. The van der Waals surface area contributed by atoms with Crippen molar-refractivity contribution < 1.29 is 14.3 Å². The number of nitrogens with zero attached hydrogens (tertiary/aromatic N) is 1. The van der Waals surface area contributed by atoms with Crippen LogP contribution in [0.4, 0.5) is 0 Å². The summed E-state index contributed by atoms with van der Waals surface area (Å²) in [5.41, 5.74) is 0. The van der Waals surface area contributed by atoms with Gasteiger partial charge in [0.15, 0.2) is 0 Å². The normalized spacial score (nSPS) is 31.5. The second-order valence-electron chi connectivity index (χ2n) is 5.82. The Morgan fingerprint density at radius 1 is 1.39 bits per heavy atom. The van der Waals surface area contributed by atoms with Crippen molar-refractivity contribution in [1.29, 1.82) is 0 Å². The molecule has 0 aliphatic carbocycles. The number of rotatable bonds is 4. The Bertz CT molecular complexity index is 645. The van der Waals surface area contributed by atoms with Crippen LogP contribution in [0.15, 0.2) is 30.3 Å². The number of carbonyl (C=O) groups excluding carboxylic acids is 2. The second kappa shape index (κ2) is 6.16. The topological polar surface area (TPSA) is 46.6 Å². The monoisotopic (exact) mass is 439 g/mol. The van der Waals surface area contributed by atoms with E-state index < -0.39 is 20.5 Å². The molecule has 23 heavy (non-hydrogen) atoms. The minimum absolute atomic E-state index is 0.192. The Labute approximate surface area is 155 Å². The van der Waals surface area contributed by atoms with Crippen LogP contribution in [-0.2, 0) is 14.3 Å². The molecular formula is C15H15Cl2NO3SSe. The quantitative estimate of drug-likeness (QED) is 0.311. The number of alkyl halides is 2. The predicted octanol–water partition coefficient (Wildman–Crippen LogP) is 1.75. The summed E-state index contributed by atoms with van der Waals surface area (Å²) < 4.78 is 4.58. The van der Waals surface area contributed by atoms with E-state index in [1.165, 1.54) is 0 Å². The second-order valence-corrected chi connectivity index (χ2v) is 11.6. The van der Waals surface area contributed by atoms with Crippen LogP contribution in [-0.4, -0.2) is 57.7 Å². The standard InChI is InChI=1S/C15H15Cl2NO3SSe/c1-14(2)10(11(19)21-8-16)18-12(20)15(17,13(18)22-14)23-9-6-4-3-5-7-9/h3-7,10,13H,8H2,1-2H3/t10-,13+,15+/m0/s1. The molecule has 0 saturated carbocycles. The Kier molecular flexibility index (Phi) is 4.67. The van der Waals surface area contributed by atoms with Crippen LogP contribution in [0.5, 0.6) is 0 Å². The molecule has 2 aliphatic rings. The summed E-state index contributed by atoms with van der Waals surface area (Å²) in [4.78, 5) is 26.5. The predicted molar refractivity (Wildman–Crippen MR) is 93.3 cm³/mol. The number of hydrogen-bond acceptors (Lipinski definition) is 4. The molecule has 0 N–H and O–H groups in total. The molecule has 1 amide bonds. The fourth-order valence-electron chi connectivity index (χ4n) is 2.86. The van der Waals surface area contributed by atoms with Crippen molar-refractivity contribution in [2.24, 2.45) is 0 Å². The molecule has 0 spiro atoms. The zero-order valence-electron chi connectivity index (χ0n) is 12.5. The van der Waals surface area contributed by atoms with Crippen LogP contribution in [0.3, 0.4) is 0 Å². The third kappa shape index (κ3) is 2.79. The first-order valence-corrected chi connectivity index (χ1v) is 10.5. The summed E-state index contributed by atoms with van der Waals surface area (Å²) in [5.74, 6) is -0.665. The number of benzene rings is 1. The molecule has 8 heteroatoms. The van der Waals surface area contributed by atoms with E-state index in [0.717, 1.165) is 4.46 Å². The molecule has 3 rings (SSSR count). The number of β-lactam (4-membered cyclic amide) rings is 1. The molecule has 2 heterocycles. The van der Waals surface area contributed by atoms with Crippen molar-refractivity contribution >= 4 is 66.3 Å². The van der Waals surface area contributed by atoms with Gasteiger partial charge in [0.1, 0.15) is 0 Å². The fraction of sp³-hybridized carbons (Fsp3) is 0.467. The van der Waals surface area contributed by atoms with Gasteiger partial charge >= 0.3 is 156 Å². The first kappa shape index (κ1) is 17.4. The van der Waals surface area contributed by atoms with Gasteiger partial charge in [0, 0.05) is 0 Å². The Morgan fingerprint density at radius 2 is 2.04 bits per heavy atom. The summed E-state index contributed by atoms with van der Waals surface area (Å²) in [6.45, 7) is 3.85. The zero-order chi connectivity index (χ0) is 16.8. The van der Waals surface area contributed by atoms with Crippen LogP contribution >= 0.6 is 35.0 Å². The molecule has 4 nitrogen and oxygen atoms in total. The van der Waals surface area contributed by atoms with E-state index >= 15 is 0 Å². The van der Waals surface area contributed by atoms with E-state index in [9.17, 15) is 9.59 Å². The van der Waals surface area contributed by atoms with Crippen LogP contribution in [0.2, 0.25) is 0 Å².